The molecule has 0 saturated carbocycles. The molecular formula is C22H22N8O2. The van der Waals surface area contributed by atoms with Crippen molar-refractivity contribution in [2.75, 3.05) is 17.9 Å². The molecule has 0 radical (unpaired) electrons. The number of aromatic hydroxyl groups is 1. The molecule has 2 aromatic carbocycles. The standard InChI is InChI=1S/C22H22N8O2/c1-14-12-15(2)30(29-14)22-26-20(24-17-9-5-4-6-10-17)25-21(27-22)28-23-13-16-8-7-11-18(32-3)19(16)31/h4-13,31H,1-3H3,(H2,24,25,26,27,28)/b23-13-. The number of benzene rings is 2. The van der Waals surface area contributed by atoms with Crippen molar-refractivity contribution in [2.45, 2.75) is 13.8 Å². The van der Waals surface area contributed by atoms with Crippen LogP contribution in [0.15, 0.2) is 59.7 Å². The summed E-state index contributed by atoms with van der Waals surface area (Å²) in [6.07, 6.45) is 1.45. The second kappa shape index (κ2) is 9.13. The lowest BCUT2D eigenvalue weighted by molar-refractivity contribution is 0.373. The third-order valence-electron chi connectivity index (χ3n) is 4.47. The molecule has 0 unspecified atom stereocenters. The number of phenolic OH excluding ortho intramolecular Hbond substituents is 1. The number of nitrogens with zero attached hydrogens (tertiary/aromatic N) is 6. The number of hydrogen-bond donors (Lipinski definition) is 3. The Bertz CT molecular complexity index is 1250. The van der Waals surface area contributed by atoms with E-state index in [0.717, 1.165) is 17.1 Å². The Kier molecular flexibility index (Phi) is 5.93. The topological polar surface area (TPSA) is 122 Å². The van der Waals surface area contributed by atoms with Gasteiger partial charge in [0.25, 0.3) is 5.95 Å². The van der Waals surface area contributed by atoms with E-state index in [1.807, 2.05) is 50.2 Å². The van der Waals surface area contributed by atoms with Crippen LogP contribution in [0.3, 0.4) is 0 Å². The molecular weight excluding hydrogens is 408 g/mol. The summed E-state index contributed by atoms with van der Waals surface area (Å²) in [6.45, 7) is 3.82. The molecule has 10 heteroatoms. The maximum Gasteiger partial charge on any atom is 0.257 e. The van der Waals surface area contributed by atoms with Crippen molar-refractivity contribution >= 4 is 23.8 Å². The zero-order valence-corrected chi connectivity index (χ0v) is 17.8. The lowest BCUT2D eigenvalue weighted by atomic mass is 10.2. The summed E-state index contributed by atoms with van der Waals surface area (Å²) in [6, 6.07) is 16.6. The van der Waals surface area contributed by atoms with E-state index >= 15 is 0 Å². The molecule has 0 atom stereocenters. The minimum absolute atomic E-state index is 0.00837. The molecule has 2 heterocycles. The van der Waals surface area contributed by atoms with Gasteiger partial charge in [-0.3, -0.25) is 0 Å². The smallest absolute Gasteiger partial charge is 0.257 e. The van der Waals surface area contributed by atoms with Crippen LogP contribution in [-0.2, 0) is 0 Å². The molecule has 10 nitrogen and oxygen atoms in total. The maximum atomic E-state index is 10.2. The third-order valence-corrected chi connectivity index (χ3v) is 4.47. The van der Waals surface area contributed by atoms with Gasteiger partial charge in [-0.25, -0.2) is 10.1 Å². The predicted molar refractivity (Wildman–Crippen MR) is 122 cm³/mol. The highest BCUT2D eigenvalue weighted by atomic mass is 16.5. The first-order valence-electron chi connectivity index (χ1n) is 9.80. The third kappa shape index (κ3) is 4.64. The first kappa shape index (κ1) is 20.8. The number of hydrazone groups is 1. The van der Waals surface area contributed by atoms with E-state index in [1.165, 1.54) is 13.3 Å². The van der Waals surface area contributed by atoms with Crippen LogP contribution < -0.4 is 15.5 Å². The SMILES string of the molecule is COc1cccc(/C=N\Nc2nc(Nc3ccccc3)nc(-n3nc(C)cc3C)n2)c1O. The summed E-state index contributed by atoms with van der Waals surface area (Å²) in [5, 5.41) is 22.0. The van der Waals surface area contributed by atoms with Crippen LogP contribution in [-0.4, -0.2) is 43.2 Å². The number of rotatable bonds is 7. The molecule has 0 aliphatic heterocycles. The fraction of sp³-hybridized carbons (Fsp3) is 0.136. The molecule has 0 bridgehead atoms. The Morgan fingerprint density at radius 1 is 1.00 bits per heavy atom. The van der Waals surface area contributed by atoms with Crippen LogP contribution in [0.2, 0.25) is 0 Å². The Morgan fingerprint density at radius 3 is 2.50 bits per heavy atom. The van der Waals surface area contributed by atoms with Crippen LogP contribution in [0.5, 0.6) is 11.5 Å². The molecule has 162 valence electrons. The average Bonchev–Trinajstić information content (AvgIpc) is 3.13. The lowest BCUT2D eigenvalue weighted by Gasteiger charge is -2.09. The van der Waals surface area contributed by atoms with Crippen LogP contribution in [0.1, 0.15) is 17.0 Å². The van der Waals surface area contributed by atoms with Crippen LogP contribution in [0.4, 0.5) is 17.6 Å². The van der Waals surface area contributed by atoms with Crippen molar-refractivity contribution in [3.05, 3.63) is 71.5 Å². The summed E-state index contributed by atoms with van der Waals surface area (Å²) in [7, 11) is 1.49. The van der Waals surface area contributed by atoms with E-state index in [1.54, 1.807) is 22.9 Å². The van der Waals surface area contributed by atoms with Gasteiger partial charge in [-0.1, -0.05) is 24.3 Å². The van der Waals surface area contributed by atoms with Crippen LogP contribution in [0, 0.1) is 13.8 Å². The predicted octanol–water partition coefficient (Wildman–Crippen LogP) is 3.58. The van der Waals surface area contributed by atoms with E-state index in [-0.39, 0.29) is 11.7 Å². The van der Waals surface area contributed by atoms with Crippen molar-refractivity contribution in [2.24, 2.45) is 5.10 Å². The number of anilines is 3. The molecule has 0 fully saturated rings. The van der Waals surface area contributed by atoms with E-state index in [4.69, 9.17) is 4.74 Å². The van der Waals surface area contributed by atoms with Crippen molar-refractivity contribution in [3.8, 4) is 17.4 Å². The van der Waals surface area contributed by atoms with Gasteiger partial charge >= 0.3 is 0 Å². The summed E-state index contributed by atoms with van der Waals surface area (Å²) in [5.41, 5.74) is 5.83. The number of hydrogen-bond acceptors (Lipinski definition) is 9. The number of ether oxygens (including phenoxy) is 1. The van der Waals surface area contributed by atoms with E-state index < -0.39 is 0 Å². The zero-order chi connectivity index (χ0) is 22.5. The molecule has 0 amide bonds. The Labute approximate surface area is 184 Å². The first-order chi connectivity index (χ1) is 15.5. The second-order valence-corrected chi connectivity index (χ2v) is 6.88. The first-order valence-corrected chi connectivity index (χ1v) is 9.80. The van der Waals surface area contributed by atoms with Gasteiger partial charge < -0.3 is 15.2 Å². The molecule has 4 rings (SSSR count). The molecule has 4 aromatic rings. The maximum absolute atomic E-state index is 10.2. The van der Waals surface area contributed by atoms with Gasteiger partial charge in [0.05, 0.1) is 19.0 Å². The van der Waals surface area contributed by atoms with Gasteiger partial charge in [0.1, 0.15) is 0 Å². The highest BCUT2D eigenvalue weighted by Gasteiger charge is 2.12. The quantitative estimate of drug-likeness (QED) is 0.300. The van der Waals surface area contributed by atoms with E-state index in [9.17, 15) is 5.11 Å². The molecule has 0 aliphatic rings. The van der Waals surface area contributed by atoms with Gasteiger partial charge in [-0.15, -0.1) is 0 Å². The van der Waals surface area contributed by atoms with Gasteiger partial charge in [0.15, 0.2) is 11.5 Å². The average molecular weight is 430 g/mol. The van der Waals surface area contributed by atoms with Crippen molar-refractivity contribution < 1.29 is 9.84 Å². The fourth-order valence-electron chi connectivity index (χ4n) is 3.02. The Hall–Kier alpha value is -4.47. The largest absolute Gasteiger partial charge is 0.504 e. The van der Waals surface area contributed by atoms with Crippen molar-refractivity contribution in [1.29, 1.82) is 0 Å². The Balaban J connectivity index is 1.65. The monoisotopic (exact) mass is 430 g/mol. The number of phenols is 1. The van der Waals surface area contributed by atoms with Gasteiger partial charge in [0, 0.05) is 16.9 Å². The number of methoxy groups -OCH3 is 1. The molecule has 2 aromatic heterocycles. The number of aryl methyl sites for hydroxylation is 2. The van der Waals surface area contributed by atoms with Crippen LogP contribution in [0.25, 0.3) is 5.95 Å². The normalized spacial score (nSPS) is 11.0. The van der Waals surface area contributed by atoms with Crippen molar-refractivity contribution in [1.82, 2.24) is 24.7 Å². The minimum Gasteiger partial charge on any atom is -0.504 e. The van der Waals surface area contributed by atoms with Gasteiger partial charge in [0.2, 0.25) is 11.9 Å². The summed E-state index contributed by atoms with van der Waals surface area (Å²) in [5.74, 6) is 1.22. The van der Waals surface area contributed by atoms with Crippen LogP contribution >= 0.6 is 0 Å². The highest BCUT2D eigenvalue weighted by Crippen LogP contribution is 2.28. The number of aromatic nitrogens is 5. The fourth-order valence-corrected chi connectivity index (χ4v) is 3.02. The highest BCUT2D eigenvalue weighted by molar-refractivity contribution is 5.85. The number of nitrogens with one attached hydrogen (secondary N) is 2. The molecule has 3 N–H and O–H groups in total. The lowest BCUT2D eigenvalue weighted by Crippen LogP contribution is -2.11. The summed E-state index contributed by atoms with van der Waals surface area (Å²) < 4.78 is 6.75. The Morgan fingerprint density at radius 2 is 1.78 bits per heavy atom. The molecule has 0 saturated heterocycles. The van der Waals surface area contributed by atoms with E-state index in [0.29, 0.717) is 23.2 Å². The molecule has 0 aliphatic carbocycles. The molecule has 0 spiro atoms. The zero-order valence-electron chi connectivity index (χ0n) is 17.8. The summed E-state index contributed by atoms with van der Waals surface area (Å²) in [4.78, 5) is 13.3. The van der Waals surface area contributed by atoms with E-state index in [2.05, 4.69) is 35.9 Å². The minimum atomic E-state index is -0.00837. The second-order valence-electron chi connectivity index (χ2n) is 6.88. The summed E-state index contributed by atoms with van der Waals surface area (Å²) >= 11 is 0. The number of para-hydroxylation sites is 2. The van der Waals surface area contributed by atoms with Gasteiger partial charge in [-0.2, -0.15) is 25.2 Å². The molecule has 32 heavy (non-hydrogen) atoms. The van der Waals surface area contributed by atoms with Gasteiger partial charge in [-0.05, 0) is 44.2 Å². The van der Waals surface area contributed by atoms with Crippen molar-refractivity contribution in [3.63, 3.8) is 0 Å².